The molecule has 0 fully saturated rings. The molecule has 2 aromatic carbocycles. The van der Waals surface area contributed by atoms with Gasteiger partial charge in [-0.1, -0.05) is 48.5 Å². The number of carbonyl (C=O) groups excluding carboxylic acids is 3. The zero-order valence-electron chi connectivity index (χ0n) is 15.4. The van der Waals surface area contributed by atoms with Crippen molar-refractivity contribution in [1.82, 2.24) is 10.2 Å². The van der Waals surface area contributed by atoms with Crippen LogP contribution >= 0.6 is 0 Å². The minimum absolute atomic E-state index is 0.00653. The van der Waals surface area contributed by atoms with Gasteiger partial charge in [-0.15, -0.1) is 0 Å². The Labute approximate surface area is 161 Å². The number of carbonyl (C=O) groups is 3. The maximum atomic E-state index is 14.6. The van der Waals surface area contributed by atoms with Gasteiger partial charge in [-0.05, 0) is 18.6 Å². The quantitative estimate of drug-likeness (QED) is 0.823. The molecule has 0 saturated heterocycles. The predicted octanol–water partition coefficient (Wildman–Crippen LogP) is 3.41. The van der Waals surface area contributed by atoms with E-state index in [4.69, 9.17) is 4.74 Å². The van der Waals surface area contributed by atoms with Gasteiger partial charge in [0.1, 0.15) is 11.9 Å². The van der Waals surface area contributed by atoms with Crippen molar-refractivity contribution in [2.24, 2.45) is 0 Å². The van der Waals surface area contributed by atoms with Gasteiger partial charge in [0.2, 0.25) is 5.91 Å². The van der Waals surface area contributed by atoms with E-state index in [0.29, 0.717) is 5.56 Å². The molecule has 1 aliphatic rings. The second kappa shape index (κ2) is 8.04. The normalized spacial score (nSPS) is 16.6. The number of hydrogen-bond donors (Lipinski definition) is 1. The lowest BCUT2D eigenvalue weighted by atomic mass is 9.90. The van der Waals surface area contributed by atoms with Crippen LogP contribution in [-0.2, 0) is 14.3 Å². The van der Waals surface area contributed by atoms with Gasteiger partial charge in [0.25, 0.3) is 0 Å². The fraction of sp³-hybridized carbons (Fsp3) is 0.190. The Kier molecular flexibility index (Phi) is 5.54. The number of esters is 1. The summed E-state index contributed by atoms with van der Waals surface area (Å²) in [6.07, 6.45) is 0. The minimum Gasteiger partial charge on any atom is -0.463 e. The van der Waals surface area contributed by atoms with Gasteiger partial charge in [0.15, 0.2) is 0 Å². The van der Waals surface area contributed by atoms with Gasteiger partial charge in [0, 0.05) is 12.5 Å². The molecule has 6 nitrogen and oxygen atoms in total. The van der Waals surface area contributed by atoms with Crippen LogP contribution < -0.4 is 5.32 Å². The maximum Gasteiger partial charge on any atom is 0.338 e. The fourth-order valence-corrected chi connectivity index (χ4v) is 3.19. The molecule has 0 aromatic heterocycles. The first-order valence-corrected chi connectivity index (χ1v) is 8.77. The molecule has 0 bridgehead atoms. The van der Waals surface area contributed by atoms with Crippen LogP contribution in [0.4, 0.5) is 9.18 Å². The van der Waals surface area contributed by atoms with Crippen LogP contribution in [0.5, 0.6) is 0 Å². The van der Waals surface area contributed by atoms with Gasteiger partial charge in [-0.25, -0.2) is 14.0 Å². The average molecular weight is 382 g/mol. The molecule has 28 heavy (non-hydrogen) atoms. The number of benzene rings is 2. The summed E-state index contributed by atoms with van der Waals surface area (Å²) in [5.41, 5.74) is 0.759. The third-order valence-corrected chi connectivity index (χ3v) is 4.35. The summed E-state index contributed by atoms with van der Waals surface area (Å²) in [7, 11) is 0. The Balaban J connectivity index is 2.32. The number of nitrogens with one attached hydrogen (secondary N) is 1. The first-order valence-electron chi connectivity index (χ1n) is 8.77. The summed E-state index contributed by atoms with van der Waals surface area (Å²) in [4.78, 5) is 38.7. The van der Waals surface area contributed by atoms with Crippen LogP contribution in [0.1, 0.15) is 31.0 Å². The van der Waals surface area contributed by atoms with Gasteiger partial charge >= 0.3 is 12.0 Å². The van der Waals surface area contributed by atoms with Crippen molar-refractivity contribution < 1.29 is 23.5 Å². The molecule has 0 aliphatic carbocycles. The van der Waals surface area contributed by atoms with E-state index in [2.05, 4.69) is 5.32 Å². The van der Waals surface area contributed by atoms with Gasteiger partial charge in [-0.3, -0.25) is 9.69 Å². The first kappa shape index (κ1) is 19.3. The second-order valence-electron chi connectivity index (χ2n) is 6.12. The highest BCUT2D eigenvalue weighted by Crippen LogP contribution is 2.38. The molecule has 3 rings (SSSR count). The van der Waals surface area contributed by atoms with Crippen LogP contribution in [0, 0.1) is 5.82 Å². The third kappa shape index (κ3) is 3.51. The predicted molar refractivity (Wildman–Crippen MR) is 100 cm³/mol. The van der Waals surface area contributed by atoms with E-state index in [1.165, 1.54) is 25.1 Å². The van der Waals surface area contributed by atoms with Gasteiger partial charge in [-0.2, -0.15) is 0 Å². The topological polar surface area (TPSA) is 75.7 Å². The van der Waals surface area contributed by atoms with Crippen molar-refractivity contribution >= 4 is 23.6 Å². The van der Waals surface area contributed by atoms with E-state index in [9.17, 15) is 18.8 Å². The Bertz CT molecular complexity index is 956. The molecule has 1 unspecified atom stereocenters. The van der Waals surface area contributed by atoms with Crippen LogP contribution in [0.15, 0.2) is 60.2 Å². The van der Waals surface area contributed by atoms with Crippen LogP contribution in [0.3, 0.4) is 0 Å². The Morgan fingerprint density at radius 1 is 1.11 bits per heavy atom. The first-order chi connectivity index (χ1) is 13.5. The lowest BCUT2D eigenvalue weighted by Crippen LogP contribution is -2.50. The van der Waals surface area contributed by atoms with E-state index in [0.717, 1.165) is 4.90 Å². The molecule has 1 atom stereocenters. The van der Waals surface area contributed by atoms with Crippen LogP contribution in [0.25, 0.3) is 5.70 Å². The number of urea groups is 1. The van der Waals surface area contributed by atoms with E-state index in [-0.39, 0.29) is 23.4 Å². The van der Waals surface area contributed by atoms with E-state index < -0.39 is 29.8 Å². The summed E-state index contributed by atoms with van der Waals surface area (Å²) in [5.74, 6) is -2.00. The zero-order chi connectivity index (χ0) is 20.3. The highest BCUT2D eigenvalue weighted by molar-refractivity contribution is 6.08. The minimum atomic E-state index is -1.25. The highest BCUT2D eigenvalue weighted by atomic mass is 19.1. The van der Waals surface area contributed by atoms with Crippen LogP contribution in [-0.4, -0.2) is 29.4 Å². The molecule has 0 spiro atoms. The molecular formula is C21H19FN2O4. The van der Waals surface area contributed by atoms with Crippen molar-refractivity contribution in [3.63, 3.8) is 0 Å². The Morgan fingerprint density at radius 3 is 2.36 bits per heavy atom. The summed E-state index contributed by atoms with van der Waals surface area (Å²) in [5, 5.41) is 2.60. The van der Waals surface area contributed by atoms with Gasteiger partial charge in [0.05, 0.1) is 17.9 Å². The molecule has 144 valence electrons. The van der Waals surface area contributed by atoms with E-state index in [1.807, 2.05) is 0 Å². The van der Waals surface area contributed by atoms with Crippen molar-refractivity contribution in [2.75, 3.05) is 6.61 Å². The third-order valence-electron chi connectivity index (χ3n) is 4.35. The standard InChI is InChI=1S/C21H19FN2O4/c1-3-28-20(26)17-18(14-9-5-4-6-10-14)23-21(27)24(13(2)25)19(17)15-11-7-8-12-16(15)22/h4-12,19H,3H2,1-2H3,(H,23,27). The molecule has 3 amide bonds. The van der Waals surface area contributed by atoms with Gasteiger partial charge < -0.3 is 10.1 Å². The summed E-state index contributed by atoms with van der Waals surface area (Å²) in [6, 6.07) is 12.4. The number of imide groups is 1. The molecule has 7 heteroatoms. The smallest absolute Gasteiger partial charge is 0.338 e. The monoisotopic (exact) mass is 382 g/mol. The number of halogens is 1. The number of hydrogen-bond acceptors (Lipinski definition) is 4. The van der Waals surface area contributed by atoms with E-state index in [1.54, 1.807) is 43.3 Å². The molecule has 1 aliphatic heterocycles. The second-order valence-corrected chi connectivity index (χ2v) is 6.12. The molecule has 1 heterocycles. The molecular weight excluding hydrogens is 363 g/mol. The van der Waals surface area contributed by atoms with Crippen molar-refractivity contribution in [3.05, 3.63) is 77.1 Å². The van der Waals surface area contributed by atoms with Crippen molar-refractivity contribution in [3.8, 4) is 0 Å². The lowest BCUT2D eigenvalue weighted by molar-refractivity contribution is -0.139. The molecule has 0 radical (unpaired) electrons. The molecule has 0 saturated carbocycles. The fourth-order valence-electron chi connectivity index (χ4n) is 3.19. The van der Waals surface area contributed by atoms with Crippen LogP contribution in [0.2, 0.25) is 0 Å². The number of ether oxygens (including phenoxy) is 1. The Morgan fingerprint density at radius 2 is 1.75 bits per heavy atom. The number of nitrogens with zero attached hydrogens (tertiary/aromatic N) is 1. The van der Waals surface area contributed by atoms with Crippen molar-refractivity contribution in [2.45, 2.75) is 19.9 Å². The summed E-state index contributed by atoms with van der Waals surface area (Å²) >= 11 is 0. The largest absolute Gasteiger partial charge is 0.463 e. The van der Waals surface area contributed by atoms with E-state index >= 15 is 0 Å². The molecule has 2 aromatic rings. The lowest BCUT2D eigenvalue weighted by Gasteiger charge is -2.36. The SMILES string of the molecule is CCOC(=O)C1=C(c2ccccc2)NC(=O)N(C(C)=O)C1c1ccccc1F. The summed E-state index contributed by atoms with van der Waals surface area (Å²) in [6.45, 7) is 2.91. The number of rotatable bonds is 4. The number of amides is 3. The molecule has 1 N–H and O–H groups in total. The maximum absolute atomic E-state index is 14.6. The summed E-state index contributed by atoms with van der Waals surface area (Å²) < 4.78 is 19.8. The highest BCUT2D eigenvalue weighted by Gasteiger charge is 2.43. The van der Waals surface area contributed by atoms with Crippen molar-refractivity contribution in [1.29, 1.82) is 0 Å². The zero-order valence-corrected chi connectivity index (χ0v) is 15.4. The Hall–Kier alpha value is -3.48. The average Bonchev–Trinajstić information content (AvgIpc) is 2.68.